The van der Waals surface area contributed by atoms with Gasteiger partial charge in [0.1, 0.15) is 18.0 Å². The van der Waals surface area contributed by atoms with Gasteiger partial charge in [-0.05, 0) is 18.9 Å². The first kappa shape index (κ1) is 17.1. The average Bonchev–Trinajstić information content (AvgIpc) is 3.03. The number of hydrogen-bond donors (Lipinski definition) is 1. The van der Waals surface area contributed by atoms with E-state index in [2.05, 4.69) is 15.0 Å². The number of nitrogens with one attached hydrogen (secondary N) is 1. The van der Waals surface area contributed by atoms with Crippen molar-refractivity contribution in [3.63, 3.8) is 0 Å². The summed E-state index contributed by atoms with van der Waals surface area (Å²) in [6.45, 7) is 1.48. The Kier molecular flexibility index (Phi) is 5.06. The van der Waals surface area contributed by atoms with Gasteiger partial charge in [-0.2, -0.15) is 0 Å². The first-order valence-corrected chi connectivity index (χ1v) is 8.34. The molecule has 0 unspecified atom stereocenters. The second-order valence-electron chi connectivity index (χ2n) is 6.03. The summed E-state index contributed by atoms with van der Waals surface area (Å²) in [5.74, 6) is -0.00549. The zero-order valence-electron chi connectivity index (χ0n) is 14.1. The number of imide groups is 1. The number of carbonyl (C=O) groups excluding carboxylic acids is 3. The standard InChI is InChI=1S/C17H21N3O5/c1-24-15(21)11-20-16(22)13(18-17(20)23)10-12-6-7-14(25-12)19-8-4-2-3-5-9-19/h6-7,10H,2-5,8-9,11H2,1H3,(H,18,23)/b13-10+. The first-order chi connectivity index (χ1) is 12.1. The van der Waals surface area contributed by atoms with Gasteiger partial charge in [-0.15, -0.1) is 0 Å². The molecule has 134 valence electrons. The van der Waals surface area contributed by atoms with Gasteiger partial charge in [-0.3, -0.25) is 9.59 Å². The van der Waals surface area contributed by atoms with Crippen LogP contribution in [0.25, 0.3) is 6.08 Å². The lowest BCUT2D eigenvalue weighted by molar-refractivity contribution is -0.143. The first-order valence-electron chi connectivity index (χ1n) is 8.34. The fraction of sp³-hybridized carbons (Fsp3) is 0.471. The second-order valence-corrected chi connectivity index (χ2v) is 6.03. The minimum absolute atomic E-state index is 0.0747. The molecule has 1 aromatic heterocycles. The summed E-state index contributed by atoms with van der Waals surface area (Å²) in [5, 5.41) is 2.45. The fourth-order valence-corrected chi connectivity index (χ4v) is 2.93. The highest BCUT2D eigenvalue weighted by molar-refractivity contribution is 6.15. The third-order valence-corrected chi connectivity index (χ3v) is 4.29. The molecule has 3 heterocycles. The lowest BCUT2D eigenvalue weighted by Gasteiger charge is -2.18. The Labute approximate surface area is 145 Å². The summed E-state index contributed by atoms with van der Waals surface area (Å²) in [4.78, 5) is 38.4. The molecule has 1 N–H and O–H groups in total. The van der Waals surface area contributed by atoms with E-state index in [0.29, 0.717) is 5.76 Å². The highest BCUT2D eigenvalue weighted by Crippen LogP contribution is 2.24. The van der Waals surface area contributed by atoms with Crippen molar-refractivity contribution >= 4 is 29.9 Å². The van der Waals surface area contributed by atoms with Crippen LogP contribution >= 0.6 is 0 Å². The molecule has 8 heteroatoms. The largest absolute Gasteiger partial charge is 0.468 e. The third kappa shape index (κ3) is 3.84. The van der Waals surface area contributed by atoms with E-state index < -0.39 is 24.5 Å². The molecule has 0 aliphatic carbocycles. The van der Waals surface area contributed by atoms with E-state index in [9.17, 15) is 14.4 Å². The predicted octanol–water partition coefficient (Wildman–Crippen LogP) is 1.73. The van der Waals surface area contributed by atoms with Gasteiger partial charge in [-0.25, -0.2) is 9.69 Å². The smallest absolute Gasteiger partial charge is 0.329 e. The summed E-state index contributed by atoms with van der Waals surface area (Å²) in [6.07, 6.45) is 6.19. The number of amides is 3. The van der Waals surface area contributed by atoms with E-state index >= 15 is 0 Å². The van der Waals surface area contributed by atoms with Crippen molar-refractivity contribution in [2.45, 2.75) is 25.7 Å². The molecule has 3 amide bonds. The number of hydrogen-bond acceptors (Lipinski definition) is 6. The summed E-state index contributed by atoms with van der Waals surface area (Å²) in [5.41, 5.74) is 0.0747. The molecule has 0 saturated carbocycles. The van der Waals surface area contributed by atoms with Crippen LogP contribution in [0.1, 0.15) is 31.4 Å². The zero-order chi connectivity index (χ0) is 17.8. The molecular formula is C17H21N3O5. The molecule has 0 bridgehead atoms. The summed E-state index contributed by atoms with van der Waals surface area (Å²) >= 11 is 0. The molecular weight excluding hydrogens is 326 g/mol. The van der Waals surface area contributed by atoms with Crippen molar-refractivity contribution in [2.24, 2.45) is 0 Å². The number of ether oxygens (including phenoxy) is 1. The van der Waals surface area contributed by atoms with Crippen molar-refractivity contribution < 1.29 is 23.5 Å². The monoisotopic (exact) mass is 347 g/mol. The van der Waals surface area contributed by atoms with Crippen molar-refractivity contribution in [1.29, 1.82) is 0 Å². The summed E-state index contributed by atoms with van der Waals surface area (Å²) in [6, 6.07) is 2.97. The van der Waals surface area contributed by atoms with Crippen molar-refractivity contribution in [1.82, 2.24) is 10.2 Å². The second kappa shape index (κ2) is 7.42. The van der Waals surface area contributed by atoms with E-state index in [0.717, 1.165) is 36.7 Å². The predicted molar refractivity (Wildman–Crippen MR) is 89.6 cm³/mol. The van der Waals surface area contributed by atoms with Crippen LogP contribution in [-0.2, 0) is 14.3 Å². The molecule has 2 aliphatic heterocycles. The normalized spacial score (nSPS) is 20.0. The van der Waals surface area contributed by atoms with Crippen LogP contribution in [0, 0.1) is 0 Å². The van der Waals surface area contributed by atoms with Crippen molar-refractivity contribution in [3.05, 3.63) is 23.6 Å². The maximum atomic E-state index is 12.2. The summed E-state index contributed by atoms with van der Waals surface area (Å²) in [7, 11) is 1.20. The molecule has 25 heavy (non-hydrogen) atoms. The van der Waals surface area contributed by atoms with Crippen LogP contribution in [0.4, 0.5) is 10.7 Å². The van der Waals surface area contributed by atoms with Gasteiger partial charge in [0.25, 0.3) is 5.91 Å². The SMILES string of the molecule is COC(=O)CN1C(=O)N/C(=C/c2ccc(N3CCCCCC3)o2)C1=O. The molecule has 0 aromatic carbocycles. The van der Waals surface area contributed by atoms with Gasteiger partial charge in [0.05, 0.1) is 7.11 Å². The van der Waals surface area contributed by atoms with Crippen LogP contribution in [-0.4, -0.2) is 49.6 Å². The van der Waals surface area contributed by atoms with Gasteiger partial charge >= 0.3 is 12.0 Å². The van der Waals surface area contributed by atoms with Gasteiger partial charge in [0, 0.05) is 25.2 Å². The Morgan fingerprint density at radius 2 is 1.96 bits per heavy atom. The minimum atomic E-state index is -0.661. The average molecular weight is 347 g/mol. The number of anilines is 1. The van der Waals surface area contributed by atoms with Gasteiger partial charge in [-0.1, -0.05) is 12.8 Å². The number of esters is 1. The van der Waals surface area contributed by atoms with Crippen LogP contribution in [0.2, 0.25) is 0 Å². The maximum absolute atomic E-state index is 12.2. The van der Waals surface area contributed by atoms with Crippen LogP contribution in [0.3, 0.4) is 0 Å². The van der Waals surface area contributed by atoms with Crippen LogP contribution < -0.4 is 10.2 Å². The number of rotatable bonds is 4. The van der Waals surface area contributed by atoms with E-state index in [1.54, 1.807) is 6.07 Å². The zero-order valence-corrected chi connectivity index (χ0v) is 14.1. The molecule has 2 fully saturated rings. The number of methoxy groups -OCH3 is 1. The Bertz CT molecular complexity index is 701. The molecule has 0 radical (unpaired) electrons. The molecule has 3 rings (SSSR count). The minimum Gasteiger partial charge on any atom is -0.468 e. The fourth-order valence-electron chi connectivity index (χ4n) is 2.93. The lowest BCUT2D eigenvalue weighted by Crippen LogP contribution is -2.36. The van der Waals surface area contributed by atoms with E-state index in [1.165, 1.54) is 26.0 Å². The Balaban J connectivity index is 1.72. The number of carbonyl (C=O) groups is 3. The van der Waals surface area contributed by atoms with Crippen LogP contribution in [0.5, 0.6) is 0 Å². The molecule has 0 atom stereocenters. The Hall–Kier alpha value is -2.77. The molecule has 8 nitrogen and oxygen atoms in total. The lowest BCUT2D eigenvalue weighted by atomic mass is 10.2. The highest BCUT2D eigenvalue weighted by atomic mass is 16.5. The number of nitrogens with zero attached hydrogens (tertiary/aromatic N) is 2. The Morgan fingerprint density at radius 3 is 2.64 bits per heavy atom. The quantitative estimate of drug-likeness (QED) is 0.507. The van der Waals surface area contributed by atoms with E-state index in [-0.39, 0.29) is 5.70 Å². The number of urea groups is 1. The maximum Gasteiger partial charge on any atom is 0.329 e. The van der Waals surface area contributed by atoms with E-state index in [4.69, 9.17) is 4.42 Å². The molecule has 2 aliphatic rings. The van der Waals surface area contributed by atoms with Crippen LogP contribution in [0.15, 0.2) is 22.2 Å². The molecule has 2 saturated heterocycles. The molecule has 0 spiro atoms. The van der Waals surface area contributed by atoms with Gasteiger partial charge in [0.15, 0.2) is 5.88 Å². The Morgan fingerprint density at radius 1 is 1.24 bits per heavy atom. The van der Waals surface area contributed by atoms with Gasteiger partial charge in [0.2, 0.25) is 0 Å². The molecule has 1 aromatic rings. The van der Waals surface area contributed by atoms with Crippen molar-refractivity contribution in [3.8, 4) is 0 Å². The highest BCUT2D eigenvalue weighted by Gasteiger charge is 2.35. The summed E-state index contributed by atoms with van der Waals surface area (Å²) < 4.78 is 10.3. The number of furan rings is 1. The third-order valence-electron chi connectivity index (χ3n) is 4.29. The van der Waals surface area contributed by atoms with Gasteiger partial charge < -0.3 is 19.4 Å². The topological polar surface area (TPSA) is 92.1 Å². The van der Waals surface area contributed by atoms with Crippen molar-refractivity contribution in [2.75, 3.05) is 31.6 Å². The van der Waals surface area contributed by atoms with E-state index in [1.807, 2.05) is 6.07 Å².